The summed E-state index contributed by atoms with van der Waals surface area (Å²) in [4.78, 5) is 9.79. The molecule has 58 heavy (non-hydrogen) atoms. The number of aromatic nitrogens is 3. The smallest absolute Gasteiger partial charge is 0.0774 e. The average molecular weight is 1010 g/mol. The Hall–Kier alpha value is -4.55. The number of pyridine rings is 1. The minimum absolute atomic E-state index is 0. The van der Waals surface area contributed by atoms with Crippen molar-refractivity contribution in [3.8, 4) is 39.5 Å². The fraction of sp³-hybridized carbons (Fsp3) is 0.269. The predicted molar refractivity (Wildman–Crippen MR) is 243 cm³/mol. The van der Waals surface area contributed by atoms with Gasteiger partial charge in [-0.25, -0.2) is 0 Å². The van der Waals surface area contributed by atoms with Crippen molar-refractivity contribution in [3.63, 3.8) is 0 Å². The van der Waals surface area contributed by atoms with Gasteiger partial charge in [0.1, 0.15) is 0 Å². The van der Waals surface area contributed by atoms with E-state index in [1.807, 2.05) is 42.5 Å². The van der Waals surface area contributed by atoms with Gasteiger partial charge in [0.2, 0.25) is 0 Å². The molecular formula is C52H55GeIrN3O-2. The van der Waals surface area contributed by atoms with Crippen LogP contribution in [0.25, 0.3) is 61.5 Å². The number of furan rings is 1. The van der Waals surface area contributed by atoms with E-state index in [2.05, 4.69) is 137 Å². The van der Waals surface area contributed by atoms with Gasteiger partial charge in [-0.3, -0.25) is 4.98 Å². The van der Waals surface area contributed by atoms with Gasteiger partial charge >= 0.3 is 126 Å². The van der Waals surface area contributed by atoms with E-state index >= 15 is 0 Å². The molecule has 0 aliphatic carbocycles. The second kappa shape index (κ2) is 18.2. The average Bonchev–Trinajstić information content (AvgIpc) is 3.81. The molecular weight excluding hydrogens is 947 g/mol. The van der Waals surface area contributed by atoms with Gasteiger partial charge in [-0.1, -0.05) is 105 Å². The molecule has 5 aromatic carbocycles. The summed E-state index contributed by atoms with van der Waals surface area (Å²) in [5, 5.41) is 0.684. The Bertz CT molecular complexity index is 2720. The van der Waals surface area contributed by atoms with Crippen molar-refractivity contribution in [2.45, 2.75) is 83.9 Å². The second-order valence-corrected chi connectivity index (χ2v) is 27.7. The fourth-order valence-corrected chi connectivity index (χ4v) is 11.0. The molecule has 0 amide bonds. The van der Waals surface area contributed by atoms with Gasteiger partial charge in [-0.15, -0.1) is 0 Å². The van der Waals surface area contributed by atoms with Gasteiger partial charge < -0.3 is 8.98 Å². The molecule has 0 saturated carbocycles. The zero-order chi connectivity index (χ0) is 42.9. The molecule has 0 spiro atoms. The normalized spacial score (nSPS) is 12.7. The maximum absolute atomic E-state index is 7.95. The fourth-order valence-electron chi connectivity index (χ4n) is 7.66. The summed E-state index contributed by atoms with van der Waals surface area (Å²) in [6, 6.07) is 41.8. The number of aryl methyl sites for hydroxylation is 1. The quantitative estimate of drug-likeness (QED) is 0.107. The molecule has 299 valence electrons. The number of fused-ring (bicyclic) bond motifs is 2. The van der Waals surface area contributed by atoms with E-state index < -0.39 is 20.1 Å². The summed E-state index contributed by atoms with van der Waals surface area (Å²) in [6.45, 7) is 11.2. The summed E-state index contributed by atoms with van der Waals surface area (Å²) in [5.74, 6) is 9.14. The Balaban J connectivity index is 0.000000250. The van der Waals surface area contributed by atoms with Crippen LogP contribution in [0.3, 0.4) is 0 Å². The minimum atomic E-state index is -2.23. The van der Waals surface area contributed by atoms with Crippen LogP contribution in [-0.4, -0.2) is 27.8 Å². The van der Waals surface area contributed by atoms with Crippen LogP contribution in [0, 0.1) is 25.1 Å². The van der Waals surface area contributed by atoms with Crippen LogP contribution in [0.2, 0.25) is 17.3 Å². The molecule has 0 fully saturated rings. The van der Waals surface area contributed by atoms with Crippen molar-refractivity contribution in [2.75, 3.05) is 0 Å². The first kappa shape index (κ1) is 38.9. The van der Waals surface area contributed by atoms with Gasteiger partial charge in [0.25, 0.3) is 0 Å². The molecule has 0 aliphatic heterocycles. The maximum Gasteiger partial charge on any atom is 0.0774 e. The van der Waals surface area contributed by atoms with Gasteiger partial charge in [-0.2, -0.15) is 0 Å². The van der Waals surface area contributed by atoms with Crippen molar-refractivity contribution in [3.05, 3.63) is 156 Å². The SMILES string of the molecule is CC(C)Cc1cc(-c2[c-]cccc2)nc[c]1[Ge]([CH3])([CH3])[CH3].[2H]C([2H])([2H])c1ccc2o[c-]c(-c3nc4ccccc4n3-c3c(C(C)C)cc(-c4ccccc4)cc3C(C)C)c2c1.[Ir]. The van der Waals surface area contributed by atoms with E-state index in [9.17, 15) is 0 Å². The standard InChI is InChI=1S/C34H31N2O.C18H24GeN.Ir/c1-21(2)26-18-25(24-11-7-6-8-12-24)19-27(22(3)4)33(26)36-31-14-10-9-13-30(31)35-34(36)29-20-37-32-16-15-23(5)17-28(29)32;1-14(2)11-16-12-18(15-9-7-6-8-10-15)20-13-17(16)19(3,4)5;/h6-19,21-22H,1-5H3;6-9,12-14H,11H2,1-5H3;/q2*-1;/i5D3;;. The topological polar surface area (TPSA) is 43.9 Å². The number of para-hydroxylation sites is 2. The first-order valence-electron chi connectivity index (χ1n) is 21.6. The van der Waals surface area contributed by atoms with E-state index in [4.69, 9.17) is 18.5 Å². The van der Waals surface area contributed by atoms with Gasteiger partial charge in [0.15, 0.2) is 0 Å². The van der Waals surface area contributed by atoms with Crippen LogP contribution < -0.4 is 4.40 Å². The molecule has 3 heterocycles. The Labute approximate surface area is 366 Å². The molecule has 0 aliphatic rings. The summed E-state index contributed by atoms with van der Waals surface area (Å²) < 4.78 is 33.5. The van der Waals surface area contributed by atoms with Crippen LogP contribution in [0.4, 0.5) is 0 Å². The molecule has 3 aromatic heterocycles. The largest absolute Gasteiger partial charge is 0.557 e. The zero-order valence-electron chi connectivity index (χ0n) is 38.1. The molecule has 0 N–H and O–H groups in total. The Morgan fingerprint density at radius 1 is 0.776 bits per heavy atom. The molecule has 0 saturated heterocycles. The molecule has 0 unspecified atom stereocenters. The van der Waals surface area contributed by atoms with Crippen LogP contribution in [-0.2, 0) is 26.5 Å². The summed E-state index contributed by atoms with van der Waals surface area (Å²) in [5.41, 5.74) is 12.8. The van der Waals surface area contributed by atoms with E-state index in [0.717, 1.165) is 34.4 Å². The van der Waals surface area contributed by atoms with Crippen LogP contribution in [0.5, 0.6) is 0 Å². The predicted octanol–water partition coefficient (Wildman–Crippen LogP) is 13.8. The second-order valence-electron chi connectivity index (χ2n) is 17.1. The number of nitrogens with zero attached hydrogens (tertiary/aromatic N) is 3. The van der Waals surface area contributed by atoms with Gasteiger partial charge in [-0.05, 0) is 65.2 Å². The van der Waals surface area contributed by atoms with Crippen molar-refractivity contribution in [1.82, 2.24) is 14.5 Å². The van der Waals surface area contributed by atoms with Gasteiger partial charge in [0.05, 0.1) is 16.9 Å². The Kier molecular flexibility index (Phi) is 12.2. The number of benzene rings is 5. The molecule has 1 radical (unpaired) electrons. The summed E-state index contributed by atoms with van der Waals surface area (Å²) in [6.07, 6.45) is 6.34. The summed E-state index contributed by atoms with van der Waals surface area (Å²) >= 11 is -1.86. The third kappa shape index (κ3) is 9.18. The van der Waals surface area contributed by atoms with E-state index in [-0.39, 0.29) is 37.5 Å². The number of imidazole rings is 1. The Morgan fingerprint density at radius 2 is 1.47 bits per heavy atom. The van der Waals surface area contributed by atoms with Crippen LogP contribution in [0.15, 0.2) is 126 Å². The van der Waals surface area contributed by atoms with Crippen molar-refractivity contribution >= 4 is 39.7 Å². The first-order chi connectivity index (χ1) is 28.5. The molecule has 4 nitrogen and oxygen atoms in total. The van der Waals surface area contributed by atoms with Crippen molar-refractivity contribution in [2.24, 2.45) is 5.92 Å². The molecule has 8 aromatic rings. The molecule has 8 rings (SSSR count). The monoisotopic (exact) mass is 1010 g/mol. The third-order valence-corrected chi connectivity index (χ3v) is 14.8. The minimum Gasteiger partial charge on any atom is -0.557 e. The van der Waals surface area contributed by atoms with Crippen LogP contribution in [0.1, 0.15) is 79.7 Å². The number of rotatable bonds is 9. The van der Waals surface area contributed by atoms with E-state index in [0.29, 0.717) is 28.3 Å². The number of hydrogen-bond acceptors (Lipinski definition) is 3. The zero-order valence-corrected chi connectivity index (χ0v) is 39.6. The van der Waals surface area contributed by atoms with Crippen LogP contribution >= 0.6 is 0 Å². The maximum atomic E-state index is 7.95. The first-order valence-corrected chi connectivity index (χ1v) is 27.5. The van der Waals surface area contributed by atoms with Crippen molar-refractivity contribution in [1.29, 1.82) is 0 Å². The van der Waals surface area contributed by atoms with E-state index in [1.54, 1.807) is 22.6 Å². The third-order valence-electron chi connectivity index (χ3n) is 10.5. The molecule has 0 bridgehead atoms. The van der Waals surface area contributed by atoms with E-state index in [1.165, 1.54) is 27.8 Å². The molecule has 0 atom stereocenters. The Morgan fingerprint density at radius 3 is 2.10 bits per heavy atom. The van der Waals surface area contributed by atoms with Crippen molar-refractivity contribution < 1.29 is 28.6 Å². The number of hydrogen-bond donors (Lipinski definition) is 0. The summed E-state index contributed by atoms with van der Waals surface area (Å²) in [7, 11) is 0. The molecule has 6 heteroatoms. The van der Waals surface area contributed by atoms with Gasteiger partial charge in [0, 0.05) is 41.8 Å².